The molecule has 1 aliphatic rings. The molecule has 2 heteroatoms. The van der Waals surface area contributed by atoms with Crippen LogP contribution in [0.4, 0.5) is 17.1 Å². The van der Waals surface area contributed by atoms with Gasteiger partial charge in [0.25, 0.3) is 0 Å². The van der Waals surface area contributed by atoms with E-state index in [0.29, 0.717) is 0 Å². The molecule has 6 rings (SSSR count). The Morgan fingerprint density at radius 2 is 1.14 bits per heavy atom. The van der Waals surface area contributed by atoms with E-state index in [1.807, 2.05) is 0 Å². The number of nitrogens with zero attached hydrogens (tertiary/aromatic N) is 1. The fraction of sp³-hybridized carbons (Fsp3) is 0.152. The largest absolute Gasteiger partial charge is 0.310 e. The van der Waals surface area contributed by atoms with Crippen LogP contribution < -0.4 is 4.90 Å². The Kier molecular flexibility index (Phi) is 5.12. The Hall–Kier alpha value is -3.36. The van der Waals surface area contributed by atoms with Crippen molar-refractivity contribution in [2.75, 3.05) is 4.90 Å². The van der Waals surface area contributed by atoms with Crippen LogP contribution in [-0.4, -0.2) is 0 Å². The minimum atomic E-state index is -0.0978. The van der Waals surface area contributed by atoms with E-state index < -0.39 is 0 Å². The summed E-state index contributed by atoms with van der Waals surface area (Å²) < 4.78 is 1.16. The first-order valence-electron chi connectivity index (χ1n) is 12.1. The maximum absolute atomic E-state index is 3.85. The highest BCUT2D eigenvalue weighted by atomic mass is 79.9. The van der Waals surface area contributed by atoms with Gasteiger partial charge in [0.2, 0.25) is 0 Å². The fourth-order valence-electron chi connectivity index (χ4n) is 5.50. The molecule has 0 aliphatic heterocycles. The van der Waals surface area contributed by atoms with E-state index in [0.717, 1.165) is 4.47 Å². The summed E-state index contributed by atoms with van der Waals surface area (Å²) in [5, 5.41) is 2.57. The van der Waals surface area contributed by atoms with E-state index in [1.165, 1.54) is 61.2 Å². The molecule has 35 heavy (non-hydrogen) atoms. The zero-order valence-corrected chi connectivity index (χ0v) is 22.1. The number of anilines is 3. The van der Waals surface area contributed by atoms with E-state index in [-0.39, 0.29) is 5.41 Å². The Bertz CT molecular complexity index is 1530. The predicted octanol–water partition coefficient (Wildman–Crippen LogP) is 10.00. The lowest BCUT2D eigenvalue weighted by Gasteiger charge is -2.28. The zero-order valence-electron chi connectivity index (χ0n) is 20.6. The topological polar surface area (TPSA) is 3.24 Å². The molecule has 0 spiro atoms. The third-order valence-corrected chi connectivity index (χ3v) is 8.11. The van der Waals surface area contributed by atoms with Crippen LogP contribution in [-0.2, 0) is 5.41 Å². The SMILES string of the molecule is Cc1ccc(N(c2ccc(C)cc2)c2ccc3c(c2)C(C)(C)c2cc(Br)c4ccccc4c2-3)cc1. The summed E-state index contributed by atoms with van der Waals surface area (Å²) >= 11 is 3.85. The number of hydrogen-bond donors (Lipinski definition) is 0. The van der Waals surface area contributed by atoms with Gasteiger partial charge in [-0.2, -0.15) is 0 Å². The lowest BCUT2D eigenvalue weighted by atomic mass is 9.82. The van der Waals surface area contributed by atoms with Gasteiger partial charge in [0, 0.05) is 26.9 Å². The molecule has 0 heterocycles. The molecule has 0 saturated carbocycles. The first kappa shape index (κ1) is 22.1. The Labute approximate surface area is 216 Å². The van der Waals surface area contributed by atoms with Gasteiger partial charge in [0.1, 0.15) is 0 Å². The smallest absolute Gasteiger partial charge is 0.0465 e. The van der Waals surface area contributed by atoms with Crippen molar-refractivity contribution in [1.82, 2.24) is 0 Å². The first-order chi connectivity index (χ1) is 16.8. The monoisotopic (exact) mass is 517 g/mol. The quantitative estimate of drug-likeness (QED) is 0.230. The number of aryl methyl sites for hydroxylation is 2. The Morgan fingerprint density at radius 1 is 0.600 bits per heavy atom. The van der Waals surface area contributed by atoms with Gasteiger partial charge >= 0.3 is 0 Å². The van der Waals surface area contributed by atoms with Crippen LogP contribution in [0.1, 0.15) is 36.1 Å². The van der Waals surface area contributed by atoms with Crippen molar-refractivity contribution in [2.24, 2.45) is 0 Å². The molecule has 172 valence electrons. The molecule has 0 amide bonds. The number of benzene rings is 5. The van der Waals surface area contributed by atoms with Gasteiger partial charge in [-0.3, -0.25) is 0 Å². The van der Waals surface area contributed by atoms with Crippen LogP contribution >= 0.6 is 15.9 Å². The molecule has 0 atom stereocenters. The minimum Gasteiger partial charge on any atom is -0.310 e. The van der Waals surface area contributed by atoms with Gasteiger partial charge in [-0.05, 0) is 89.3 Å². The second-order valence-electron chi connectivity index (χ2n) is 10.2. The number of fused-ring (bicyclic) bond motifs is 5. The highest BCUT2D eigenvalue weighted by Crippen LogP contribution is 2.54. The van der Waals surface area contributed by atoms with Gasteiger partial charge in [-0.1, -0.05) is 95.5 Å². The second kappa shape index (κ2) is 8.10. The molecule has 5 aromatic carbocycles. The molecular weight excluding hydrogens is 490 g/mol. The van der Waals surface area contributed by atoms with Gasteiger partial charge in [0.05, 0.1) is 0 Å². The minimum absolute atomic E-state index is 0.0978. The average molecular weight is 518 g/mol. The van der Waals surface area contributed by atoms with E-state index in [1.54, 1.807) is 0 Å². The van der Waals surface area contributed by atoms with Gasteiger partial charge in [0.15, 0.2) is 0 Å². The van der Waals surface area contributed by atoms with E-state index in [4.69, 9.17) is 0 Å². The standard InChI is InChI=1S/C33H28BrN/c1-21-9-13-23(14-10-21)35(24-15-11-22(2)12-16-24)25-17-18-28-29(19-25)33(3,4)30-20-31(34)26-7-5-6-8-27(26)32(28)30/h5-20H,1-4H3. The molecule has 1 nitrogen and oxygen atoms in total. The third kappa shape index (κ3) is 3.51. The number of halogens is 1. The number of rotatable bonds is 3. The maximum atomic E-state index is 3.85. The zero-order chi connectivity index (χ0) is 24.3. The summed E-state index contributed by atoms with van der Waals surface area (Å²) in [6.07, 6.45) is 0. The van der Waals surface area contributed by atoms with Crippen LogP contribution in [0.5, 0.6) is 0 Å². The molecular formula is C33H28BrN. The number of hydrogen-bond acceptors (Lipinski definition) is 1. The summed E-state index contributed by atoms with van der Waals surface area (Å²) in [6, 6.07) is 35.7. The van der Waals surface area contributed by atoms with Crippen LogP contribution in [0, 0.1) is 13.8 Å². The Morgan fingerprint density at radius 3 is 1.74 bits per heavy atom. The fourth-order valence-corrected chi connectivity index (χ4v) is 6.08. The van der Waals surface area contributed by atoms with Crippen LogP contribution in [0.3, 0.4) is 0 Å². The molecule has 5 aromatic rings. The molecule has 1 aliphatic carbocycles. The average Bonchev–Trinajstić information content (AvgIpc) is 3.08. The van der Waals surface area contributed by atoms with Crippen molar-refractivity contribution in [3.05, 3.63) is 124 Å². The first-order valence-corrected chi connectivity index (χ1v) is 12.9. The highest BCUT2D eigenvalue weighted by molar-refractivity contribution is 9.10. The Balaban J connectivity index is 1.57. The van der Waals surface area contributed by atoms with Crippen molar-refractivity contribution < 1.29 is 0 Å². The van der Waals surface area contributed by atoms with E-state index in [2.05, 4.69) is 146 Å². The summed E-state index contributed by atoms with van der Waals surface area (Å²) in [5.74, 6) is 0. The molecule has 0 N–H and O–H groups in total. The lowest BCUT2D eigenvalue weighted by Crippen LogP contribution is -2.16. The second-order valence-corrected chi connectivity index (χ2v) is 11.0. The summed E-state index contributed by atoms with van der Waals surface area (Å²) in [7, 11) is 0. The molecule has 0 fully saturated rings. The van der Waals surface area contributed by atoms with Crippen molar-refractivity contribution in [2.45, 2.75) is 33.1 Å². The van der Waals surface area contributed by atoms with Crippen molar-refractivity contribution in [3.63, 3.8) is 0 Å². The lowest BCUT2D eigenvalue weighted by molar-refractivity contribution is 0.660. The van der Waals surface area contributed by atoms with Crippen LogP contribution in [0.25, 0.3) is 21.9 Å². The van der Waals surface area contributed by atoms with Gasteiger partial charge in [-0.15, -0.1) is 0 Å². The van der Waals surface area contributed by atoms with Crippen LogP contribution in [0.2, 0.25) is 0 Å². The maximum Gasteiger partial charge on any atom is 0.0465 e. The van der Waals surface area contributed by atoms with Gasteiger partial charge in [-0.25, -0.2) is 0 Å². The van der Waals surface area contributed by atoms with E-state index in [9.17, 15) is 0 Å². The van der Waals surface area contributed by atoms with Crippen molar-refractivity contribution >= 4 is 43.8 Å². The summed E-state index contributed by atoms with van der Waals surface area (Å²) in [5.41, 5.74) is 11.4. The van der Waals surface area contributed by atoms with Gasteiger partial charge < -0.3 is 4.90 Å². The van der Waals surface area contributed by atoms with E-state index >= 15 is 0 Å². The normalized spacial score (nSPS) is 13.5. The third-order valence-electron chi connectivity index (χ3n) is 7.46. The predicted molar refractivity (Wildman–Crippen MR) is 153 cm³/mol. The molecule has 0 unspecified atom stereocenters. The van der Waals surface area contributed by atoms with Crippen molar-refractivity contribution in [3.8, 4) is 11.1 Å². The molecule has 0 aromatic heterocycles. The van der Waals surface area contributed by atoms with Crippen LogP contribution in [0.15, 0.2) is 102 Å². The summed E-state index contributed by atoms with van der Waals surface area (Å²) in [6.45, 7) is 8.98. The highest BCUT2D eigenvalue weighted by Gasteiger charge is 2.37. The molecule has 0 radical (unpaired) electrons. The molecule has 0 saturated heterocycles. The van der Waals surface area contributed by atoms with Crippen molar-refractivity contribution in [1.29, 1.82) is 0 Å². The molecule has 0 bridgehead atoms. The summed E-state index contributed by atoms with van der Waals surface area (Å²) in [4.78, 5) is 2.37.